The van der Waals surface area contributed by atoms with Gasteiger partial charge in [-0.2, -0.15) is 0 Å². The van der Waals surface area contributed by atoms with Crippen LogP contribution in [0.2, 0.25) is 0 Å². The Hall–Kier alpha value is -0.890. The molecule has 6 nitrogen and oxygen atoms in total. The maximum Gasteiger partial charge on any atom is 0.242 e. The lowest BCUT2D eigenvalue weighted by molar-refractivity contribution is 0.268. The number of aliphatic hydroxyl groups excluding tert-OH is 1. The Bertz CT molecular complexity index is 553. The SMILES string of the molecule is CCN1CCCC1CNS(=O)(=O)c1cc(CO)n(C)c1. The number of rotatable bonds is 6. The second kappa shape index (κ2) is 6.26. The molecule has 7 heteroatoms. The lowest BCUT2D eigenvalue weighted by Gasteiger charge is -2.22. The summed E-state index contributed by atoms with van der Waals surface area (Å²) in [6, 6.07) is 1.80. The maximum absolute atomic E-state index is 12.2. The predicted molar refractivity (Wildman–Crippen MR) is 76.8 cm³/mol. The summed E-state index contributed by atoms with van der Waals surface area (Å²) in [7, 11) is -1.78. The van der Waals surface area contributed by atoms with Crippen molar-refractivity contribution in [3.63, 3.8) is 0 Å². The first-order chi connectivity index (χ1) is 9.47. The van der Waals surface area contributed by atoms with Gasteiger partial charge in [-0.05, 0) is 32.0 Å². The molecule has 1 aromatic rings. The number of nitrogens with zero attached hydrogens (tertiary/aromatic N) is 2. The lowest BCUT2D eigenvalue weighted by Crippen LogP contribution is -2.39. The molecule has 114 valence electrons. The highest BCUT2D eigenvalue weighted by molar-refractivity contribution is 7.89. The van der Waals surface area contributed by atoms with E-state index in [1.807, 2.05) is 0 Å². The van der Waals surface area contributed by atoms with Gasteiger partial charge in [0.25, 0.3) is 0 Å². The maximum atomic E-state index is 12.2. The van der Waals surface area contributed by atoms with Gasteiger partial charge in [0.15, 0.2) is 0 Å². The zero-order valence-electron chi connectivity index (χ0n) is 12.0. The minimum atomic E-state index is -3.50. The van der Waals surface area contributed by atoms with Crippen LogP contribution in [0, 0.1) is 0 Å². The number of aryl methyl sites for hydroxylation is 1. The molecule has 1 fully saturated rings. The number of hydrogen-bond acceptors (Lipinski definition) is 4. The first-order valence-corrected chi connectivity index (χ1v) is 8.46. The molecule has 0 radical (unpaired) electrons. The molecule has 1 aliphatic heterocycles. The summed E-state index contributed by atoms with van der Waals surface area (Å²) in [6.45, 7) is 4.37. The van der Waals surface area contributed by atoms with Gasteiger partial charge in [-0.25, -0.2) is 13.1 Å². The minimum Gasteiger partial charge on any atom is -0.390 e. The predicted octanol–water partition coefficient (Wildman–Crippen LogP) is 0.280. The molecule has 0 aromatic carbocycles. The van der Waals surface area contributed by atoms with Crippen LogP contribution in [0.15, 0.2) is 17.2 Å². The Morgan fingerprint density at radius 2 is 2.25 bits per heavy atom. The topological polar surface area (TPSA) is 74.6 Å². The molecule has 1 aromatic heterocycles. The molecule has 0 aliphatic carbocycles. The monoisotopic (exact) mass is 301 g/mol. The van der Waals surface area contributed by atoms with Crippen LogP contribution in [0.4, 0.5) is 0 Å². The van der Waals surface area contributed by atoms with Crippen LogP contribution in [0.25, 0.3) is 0 Å². The molecule has 1 saturated heterocycles. The van der Waals surface area contributed by atoms with Crippen molar-refractivity contribution in [1.29, 1.82) is 0 Å². The summed E-state index contributed by atoms with van der Waals surface area (Å²) in [5, 5.41) is 9.12. The van der Waals surface area contributed by atoms with Crippen molar-refractivity contribution in [3.8, 4) is 0 Å². The molecule has 0 spiro atoms. The van der Waals surface area contributed by atoms with Gasteiger partial charge >= 0.3 is 0 Å². The number of aromatic nitrogens is 1. The Kier molecular flexibility index (Phi) is 4.85. The average Bonchev–Trinajstić information content (AvgIpc) is 3.02. The van der Waals surface area contributed by atoms with Crippen LogP contribution < -0.4 is 4.72 Å². The lowest BCUT2D eigenvalue weighted by atomic mass is 10.2. The van der Waals surface area contributed by atoms with Crippen molar-refractivity contribution >= 4 is 10.0 Å². The van der Waals surface area contributed by atoms with Crippen LogP contribution in [-0.4, -0.2) is 48.7 Å². The smallest absolute Gasteiger partial charge is 0.242 e. The standard InChI is InChI=1S/C13H23N3O3S/c1-3-16-6-4-5-11(16)8-14-20(18,19)13-7-12(10-17)15(2)9-13/h7,9,11,14,17H,3-6,8,10H2,1-2H3. The minimum absolute atomic E-state index is 0.168. The average molecular weight is 301 g/mol. The third kappa shape index (κ3) is 3.22. The molecule has 1 aliphatic rings. The van der Waals surface area contributed by atoms with E-state index in [9.17, 15) is 8.42 Å². The molecule has 0 saturated carbocycles. The molecule has 20 heavy (non-hydrogen) atoms. The van der Waals surface area contributed by atoms with Gasteiger partial charge in [0, 0.05) is 31.5 Å². The van der Waals surface area contributed by atoms with Gasteiger partial charge < -0.3 is 9.67 Å². The van der Waals surface area contributed by atoms with Gasteiger partial charge in [-0.15, -0.1) is 0 Å². The van der Waals surface area contributed by atoms with Crippen LogP contribution in [0.3, 0.4) is 0 Å². The van der Waals surface area contributed by atoms with Crippen molar-refractivity contribution in [3.05, 3.63) is 18.0 Å². The van der Waals surface area contributed by atoms with Crippen molar-refractivity contribution in [2.24, 2.45) is 7.05 Å². The van der Waals surface area contributed by atoms with Crippen LogP contribution in [0.1, 0.15) is 25.5 Å². The highest BCUT2D eigenvalue weighted by Gasteiger charge is 2.25. The van der Waals surface area contributed by atoms with Gasteiger partial charge in [-0.3, -0.25) is 4.90 Å². The summed E-state index contributed by atoms with van der Waals surface area (Å²) in [5.41, 5.74) is 0.585. The van der Waals surface area contributed by atoms with E-state index < -0.39 is 10.0 Å². The molecule has 2 heterocycles. The highest BCUT2D eigenvalue weighted by Crippen LogP contribution is 2.17. The zero-order valence-corrected chi connectivity index (χ0v) is 12.9. The van der Waals surface area contributed by atoms with E-state index in [1.165, 1.54) is 12.3 Å². The third-order valence-corrected chi connectivity index (χ3v) is 5.36. The first kappa shape index (κ1) is 15.5. The van der Waals surface area contributed by atoms with Crippen molar-refractivity contribution in [2.75, 3.05) is 19.6 Å². The van der Waals surface area contributed by atoms with E-state index in [0.717, 1.165) is 25.9 Å². The molecular formula is C13H23N3O3S. The number of likely N-dealkylation sites (N-methyl/N-ethyl adjacent to an activating group) is 1. The van der Waals surface area contributed by atoms with Crippen LogP contribution in [0.5, 0.6) is 0 Å². The van der Waals surface area contributed by atoms with Crippen molar-refractivity contribution in [2.45, 2.75) is 37.3 Å². The molecule has 1 unspecified atom stereocenters. The number of hydrogen-bond donors (Lipinski definition) is 2. The molecule has 2 rings (SSSR count). The Balaban J connectivity index is 2.03. The quantitative estimate of drug-likeness (QED) is 0.791. The van der Waals surface area contributed by atoms with E-state index >= 15 is 0 Å². The van der Waals surface area contributed by atoms with Gasteiger partial charge in [-0.1, -0.05) is 6.92 Å². The van der Waals surface area contributed by atoms with Crippen LogP contribution in [-0.2, 0) is 23.7 Å². The van der Waals surface area contributed by atoms with Crippen LogP contribution >= 0.6 is 0 Å². The summed E-state index contributed by atoms with van der Waals surface area (Å²) in [6.07, 6.45) is 3.69. The fraction of sp³-hybridized carbons (Fsp3) is 0.692. The highest BCUT2D eigenvalue weighted by atomic mass is 32.2. The Morgan fingerprint density at radius 1 is 1.50 bits per heavy atom. The third-order valence-electron chi connectivity index (χ3n) is 3.97. The molecule has 0 bridgehead atoms. The fourth-order valence-electron chi connectivity index (χ4n) is 2.71. The fourth-order valence-corrected chi connectivity index (χ4v) is 3.88. The van der Waals surface area contributed by atoms with E-state index in [1.54, 1.807) is 11.6 Å². The number of aliphatic hydroxyl groups is 1. The number of nitrogens with one attached hydrogen (secondary N) is 1. The summed E-state index contributed by atoms with van der Waals surface area (Å²) < 4.78 is 28.8. The molecule has 0 amide bonds. The number of sulfonamides is 1. The summed E-state index contributed by atoms with van der Waals surface area (Å²) in [4.78, 5) is 2.51. The zero-order chi connectivity index (χ0) is 14.8. The molecule has 1 atom stereocenters. The Morgan fingerprint density at radius 3 is 2.85 bits per heavy atom. The molecule has 2 N–H and O–H groups in total. The van der Waals surface area contributed by atoms with E-state index in [4.69, 9.17) is 5.11 Å². The molecular weight excluding hydrogens is 278 g/mol. The van der Waals surface area contributed by atoms with Gasteiger partial charge in [0.05, 0.1) is 11.5 Å². The normalized spacial score (nSPS) is 20.6. The van der Waals surface area contributed by atoms with Gasteiger partial charge in [0.2, 0.25) is 10.0 Å². The van der Waals surface area contributed by atoms with Crippen molar-refractivity contribution in [1.82, 2.24) is 14.2 Å². The summed E-state index contributed by atoms with van der Waals surface area (Å²) in [5.74, 6) is 0. The van der Waals surface area contributed by atoms with E-state index in [2.05, 4.69) is 16.5 Å². The summed E-state index contributed by atoms with van der Waals surface area (Å²) >= 11 is 0. The van der Waals surface area contributed by atoms with E-state index in [-0.39, 0.29) is 17.5 Å². The Labute approximate surface area is 120 Å². The van der Waals surface area contributed by atoms with Crippen molar-refractivity contribution < 1.29 is 13.5 Å². The van der Waals surface area contributed by atoms with Gasteiger partial charge in [0.1, 0.15) is 0 Å². The second-order valence-corrected chi connectivity index (χ2v) is 6.98. The second-order valence-electron chi connectivity index (χ2n) is 5.21. The largest absolute Gasteiger partial charge is 0.390 e. The number of likely N-dealkylation sites (tertiary alicyclic amines) is 1. The first-order valence-electron chi connectivity index (χ1n) is 6.97. The van der Waals surface area contributed by atoms with E-state index in [0.29, 0.717) is 12.2 Å².